The number of fused-ring (bicyclic) bond motifs is 2. The highest BCUT2D eigenvalue weighted by Crippen LogP contribution is 2.32. The highest BCUT2D eigenvalue weighted by atomic mass is 16.2. The Bertz CT molecular complexity index is 1070. The first-order valence-electron chi connectivity index (χ1n) is 9.08. The molecule has 6 nitrogen and oxygen atoms in total. The number of amides is 2. The molecule has 0 spiro atoms. The van der Waals surface area contributed by atoms with Crippen LogP contribution in [-0.2, 0) is 14.4 Å². The van der Waals surface area contributed by atoms with Gasteiger partial charge >= 0.3 is 0 Å². The third-order valence-corrected chi connectivity index (χ3v) is 4.79. The molecule has 4 rings (SSSR count). The van der Waals surface area contributed by atoms with Crippen LogP contribution >= 0.6 is 0 Å². The van der Waals surface area contributed by atoms with Crippen molar-refractivity contribution in [1.82, 2.24) is 5.32 Å². The van der Waals surface area contributed by atoms with Gasteiger partial charge in [0.2, 0.25) is 11.7 Å². The molecule has 3 aromatic rings. The number of ketones is 1. The van der Waals surface area contributed by atoms with Crippen molar-refractivity contribution in [3.63, 3.8) is 0 Å². The van der Waals surface area contributed by atoms with E-state index in [4.69, 9.17) is 0 Å². The Hall–Kier alpha value is -3.67. The highest BCUT2D eigenvalue weighted by molar-refractivity contribution is 6.44. The van der Waals surface area contributed by atoms with Crippen LogP contribution in [0, 0.1) is 0 Å². The Morgan fingerprint density at radius 3 is 2.54 bits per heavy atom. The van der Waals surface area contributed by atoms with Gasteiger partial charge in [0.05, 0.1) is 0 Å². The lowest BCUT2D eigenvalue weighted by atomic mass is 9.96. The molecule has 2 amide bonds. The zero-order valence-electron chi connectivity index (χ0n) is 15.1. The number of carbonyl (C=O) groups is 3. The SMILES string of the molecule is O=C(NCCNc1cccc2ccccc12)C(=O)[C@@H]1C(=O)Nc2ccccc21. The second kappa shape index (κ2) is 7.52. The molecule has 0 radical (unpaired) electrons. The highest BCUT2D eigenvalue weighted by Gasteiger charge is 2.39. The molecular formula is C22H19N3O3. The van der Waals surface area contributed by atoms with E-state index in [0.717, 1.165) is 16.5 Å². The molecule has 0 saturated heterocycles. The van der Waals surface area contributed by atoms with Gasteiger partial charge in [0.25, 0.3) is 5.91 Å². The van der Waals surface area contributed by atoms with Crippen molar-refractivity contribution >= 4 is 39.7 Å². The number of nitrogens with one attached hydrogen (secondary N) is 3. The standard InChI is InChI=1S/C22H19N3O3/c26-20(19-16-9-3-4-10-18(16)25-21(19)27)22(28)24-13-12-23-17-11-5-7-14-6-1-2-8-15(14)17/h1-11,19,23H,12-13H2,(H,24,28)(H,25,27)/t19-/m1/s1. The Labute approximate surface area is 161 Å². The molecule has 1 atom stereocenters. The lowest BCUT2D eigenvalue weighted by molar-refractivity contribution is -0.140. The number of hydrogen-bond donors (Lipinski definition) is 3. The van der Waals surface area contributed by atoms with Gasteiger partial charge in [-0.2, -0.15) is 0 Å². The lowest BCUT2D eigenvalue weighted by Gasteiger charge is -2.11. The molecule has 3 aromatic carbocycles. The minimum absolute atomic E-state index is 0.268. The minimum Gasteiger partial charge on any atom is -0.383 e. The molecule has 1 heterocycles. The Morgan fingerprint density at radius 1 is 0.893 bits per heavy atom. The number of Topliss-reactive ketones (excluding diaryl/α,β-unsaturated/α-hetero) is 1. The van der Waals surface area contributed by atoms with Crippen molar-refractivity contribution in [2.24, 2.45) is 0 Å². The van der Waals surface area contributed by atoms with Crippen LogP contribution in [0.15, 0.2) is 66.7 Å². The van der Waals surface area contributed by atoms with Gasteiger partial charge in [-0.1, -0.05) is 54.6 Å². The van der Waals surface area contributed by atoms with Crippen molar-refractivity contribution in [3.05, 3.63) is 72.3 Å². The number of anilines is 2. The van der Waals surface area contributed by atoms with Crippen LogP contribution in [0.25, 0.3) is 10.8 Å². The maximum absolute atomic E-state index is 12.5. The summed E-state index contributed by atoms with van der Waals surface area (Å²) in [5, 5.41) is 10.7. The van der Waals surface area contributed by atoms with Crippen LogP contribution in [0.4, 0.5) is 11.4 Å². The Balaban J connectivity index is 1.35. The van der Waals surface area contributed by atoms with E-state index in [-0.39, 0.29) is 6.54 Å². The zero-order chi connectivity index (χ0) is 19.5. The molecule has 28 heavy (non-hydrogen) atoms. The normalized spacial score (nSPS) is 15.0. The van der Waals surface area contributed by atoms with Crippen LogP contribution in [0.1, 0.15) is 11.5 Å². The van der Waals surface area contributed by atoms with Gasteiger partial charge in [-0.25, -0.2) is 0 Å². The molecule has 0 fully saturated rings. The summed E-state index contributed by atoms with van der Waals surface area (Å²) < 4.78 is 0. The molecule has 3 N–H and O–H groups in total. The van der Waals surface area contributed by atoms with Gasteiger partial charge in [0.1, 0.15) is 5.92 Å². The maximum atomic E-state index is 12.5. The number of hydrogen-bond acceptors (Lipinski definition) is 4. The first-order valence-corrected chi connectivity index (χ1v) is 9.08. The topological polar surface area (TPSA) is 87.3 Å². The molecule has 0 bridgehead atoms. The Morgan fingerprint density at radius 2 is 1.64 bits per heavy atom. The van der Waals surface area contributed by atoms with E-state index in [1.807, 2.05) is 42.5 Å². The average molecular weight is 373 g/mol. The molecule has 0 aromatic heterocycles. The summed E-state index contributed by atoms with van der Waals surface area (Å²) in [4.78, 5) is 36.8. The minimum atomic E-state index is -1.08. The van der Waals surface area contributed by atoms with E-state index in [1.165, 1.54) is 0 Å². The van der Waals surface area contributed by atoms with Gasteiger partial charge in [0.15, 0.2) is 0 Å². The Kier molecular flexibility index (Phi) is 4.76. The van der Waals surface area contributed by atoms with E-state index in [2.05, 4.69) is 16.0 Å². The number of benzene rings is 3. The number of para-hydroxylation sites is 1. The second-order valence-electron chi connectivity index (χ2n) is 6.58. The molecule has 0 saturated carbocycles. The fraction of sp³-hybridized carbons (Fsp3) is 0.136. The van der Waals surface area contributed by atoms with E-state index >= 15 is 0 Å². The maximum Gasteiger partial charge on any atom is 0.288 e. The molecule has 140 valence electrons. The summed E-state index contributed by atoms with van der Waals surface area (Å²) in [6, 6.07) is 20.9. The van der Waals surface area contributed by atoms with Crippen molar-refractivity contribution in [1.29, 1.82) is 0 Å². The monoisotopic (exact) mass is 373 g/mol. The summed E-state index contributed by atoms with van der Waals surface area (Å²) in [5.74, 6) is -3.04. The predicted molar refractivity (Wildman–Crippen MR) is 108 cm³/mol. The van der Waals surface area contributed by atoms with Gasteiger partial charge in [-0.15, -0.1) is 0 Å². The molecule has 1 aliphatic heterocycles. The van der Waals surface area contributed by atoms with Gasteiger partial charge < -0.3 is 16.0 Å². The van der Waals surface area contributed by atoms with Crippen molar-refractivity contribution in [3.8, 4) is 0 Å². The summed E-state index contributed by atoms with van der Waals surface area (Å²) in [6.45, 7) is 0.726. The molecule has 0 unspecified atom stereocenters. The number of rotatable bonds is 6. The first-order chi connectivity index (χ1) is 13.6. The predicted octanol–water partition coefficient (Wildman–Crippen LogP) is 2.67. The summed E-state index contributed by atoms with van der Waals surface area (Å²) in [7, 11) is 0. The fourth-order valence-corrected chi connectivity index (χ4v) is 3.44. The van der Waals surface area contributed by atoms with Crippen LogP contribution in [-0.4, -0.2) is 30.7 Å². The third-order valence-electron chi connectivity index (χ3n) is 4.79. The summed E-state index contributed by atoms with van der Waals surface area (Å²) in [5.41, 5.74) is 2.08. The smallest absolute Gasteiger partial charge is 0.288 e. The van der Waals surface area contributed by atoms with Crippen LogP contribution < -0.4 is 16.0 Å². The molecule has 0 aliphatic carbocycles. The zero-order valence-corrected chi connectivity index (χ0v) is 15.1. The molecule has 1 aliphatic rings. The van der Waals surface area contributed by atoms with Crippen molar-refractivity contribution in [2.75, 3.05) is 23.7 Å². The van der Waals surface area contributed by atoms with Crippen molar-refractivity contribution < 1.29 is 14.4 Å². The molecular weight excluding hydrogens is 354 g/mol. The van der Waals surface area contributed by atoms with Gasteiger partial charge in [-0.3, -0.25) is 14.4 Å². The quantitative estimate of drug-likeness (QED) is 0.352. The van der Waals surface area contributed by atoms with Crippen LogP contribution in [0.3, 0.4) is 0 Å². The summed E-state index contributed by atoms with van der Waals surface area (Å²) >= 11 is 0. The largest absolute Gasteiger partial charge is 0.383 e. The van der Waals surface area contributed by atoms with Crippen molar-refractivity contribution in [2.45, 2.75) is 5.92 Å². The van der Waals surface area contributed by atoms with E-state index in [0.29, 0.717) is 17.8 Å². The van der Waals surface area contributed by atoms with E-state index in [9.17, 15) is 14.4 Å². The third kappa shape index (κ3) is 3.32. The van der Waals surface area contributed by atoms with Crippen LogP contribution in [0.5, 0.6) is 0 Å². The van der Waals surface area contributed by atoms with E-state index < -0.39 is 23.5 Å². The average Bonchev–Trinajstić information content (AvgIpc) is 3.06. The summed E-state index contributed by atoms with van der Waals surface area (Å²) in [6.07, 6.45) is 0. The van der Waals surface area contributed by atoms with Crippen LogP contribution in [0.2, 0.25) is 0 Å². The number of carbonyl (C=O) groups excluding carboxylic acids is 3. The lowest BCUT2D eigenvalue weighted by Crippen LogP contribution is -2.38. The first kappa shape index (κ1) is 17.7. The van der Waals surface area contributed by atoms with Gasteiger partial charge in [-0.05, 0) is 23.1 Å². The van der Waals surface area contributed by atoms with E-state index in [1.54, 1.807) is 24.3 Å². The second-order valence-corrected chi connectivity index (χ2v) is 6.58. The molecule has 6 heteroatoms. The van der Waals surface area contributed by atoms with Gasteiger partial charge in [0, 0.05) is 29.9 Å². The fourth-order valence-electron chi connectivity index (χ4n) is 3.44.